The Morgan fingerprint density at radius 3 is 2.87 bits per heavy atom. The molecule has 0 aliphatic rings. The van der Waals surface area contributed by atoms with Gasteiger partial charge < -0.3 is 10.1 Å². The van der Waals surface area contributed by atoms with E-state index in [2.05, 4.69) is 5.32 Å². The molecule has 0 fully saturated rings. The standard InChI is InChI=1S/C16H12ClFN2O2S/c17-12-9-11(5-6-13(12)18)22-10-16(21)20-14-3-1-2-4-15(14)23-8-7-19/h1-6,9H,8,10H2,(H,20,21). The fourth-order valence-corrected chi connectivity index (χ4v) is 2.55. The zero-order valence-electron chi connectivity index (χ0n) is 11.9. The molecule has 2 rings (SSSR count). The highest BCUT2D eigenvalue weighted by molar-refractivity contribution is 7.99. The van der Waals surface area contributed by atoms with Gasteiger partial charge in [-0.2, -0.15) is 5.26 Å². The summed E-state index contributed by atoms with van der Waals surface area (Å²) in [5.41, 5.74) is 0.610. The summed E-state index contributed by atoms with van der Waals surface area (Å²) >= 11 is 6.97. The lowest BCUT2D eigenvalue weighted by Gasteiger charge is -2.10. The molecule has 0 atom stereocenters. The van der Waals surface area contributed by atoms with E-state index >= 15 is 0 Å². The minimum absolute atomic E-state index is 0.0684. The Morgan fingerprint density at radius 2 is 2.13 bits per heavy atom. The first-order valence-electron chi connectivity index (χ1n) is 6.56. The van der Waals surface area contributed by atoms with Gasteiger partial charge in [-0.05, 0) is 24.3 Å². The normalized spacial score (nSPS) is 9.96. The summed E-state index contributed by atoms with van der Waals surface area (Å²) in [5, 5.41) is 11.3. The topological polar surface area (TPSA) is 62.1 Å². The van der Waals surface area contributed by atoms with Crippen LogP contribution in [0.1, 0.15) is 0 Å². The van der Waals surface area contributed by atoms with E-state index in [0.717, 1.165) is 4.90 Å². The molecule has 0 saturated carbocycles. The van der Waals surface area contributed by atoms with Crippen molar-refractivity contribution in [3.05, 3.63) is 53.3 Å². The largest absolute Gasteiger partial charge is 0.484 e. The Kier molecular flexibility index (Phi) is 6.27. The molecule has 0 spiro atoms. The molecule has 23 heavy (non-hydrogen) atoms. The van der Waals surface area contributed by atoms with Gasteiger partial charge >= 0.3 is 0 Å². The number of carbonyl (C=O) groups is 1. The number of thioether (sulfide) groups is 1. The summed E-state index contributed by atoms with van der Waals surface area (Å²) in [7, 11) is 0. The van der Waals surface area contributed by atoms with Gasteiger partial charge in [0.2, 0.25) is 0 Å². The Bertz CT molecular complexity index is 749. The number of carbonyl (C=O) groups excluding carboxylic acids is 1. The van der Waals surface area contributed by atoms with Crippen molar-refractivity contribution in [1.82, 2.24) is 0 Å². The van der Waals surface area contributed by atoms with Crippen LogP contribution < -0.4 is 10.1 Å². The molecule has 0 radical (unpaired) electrons. The van der Waals surface area contributed by atoms with Crippen LogP contribution in [0.3, 0.4) is 0 Å². The summed E-state index contributed by atoms with van der Waals surface area (Å²) < 4.78 is 18.3. The van der Waals surface area contributed by atoms with Crippen LogP contribution in [-0.4, -0.2) is 18.3 Å². The van der Waals surface area contributed by atoms with Crippen molar-refractivity contribution in [3.63, 3.8) is 0 Å². The minimum atomic E-state index is -0.549. The van der Waals surface area contributed by atoms with Crippen LogP contribution in [0.4, 0.5) is 10.1 Å². The fraction of sp³-hybridized carbons (Fsp3) is 0.125. The molecule has 7 heteroatoms. The fourth-order valence-electron chi connectivity index (χ4n) is 1.71. The molecule has 0 aliphatic heterocycles. The first-order chi connectivity index (χ1) is 11.1. The van der Waals surface area contributed by atoms with E-state index < -0.39 is 5.82 Å². The quantitative estimate of drug-likeness (QED) is 0.796. The first-order valence-corrected chi connectivity index (χ1v) is 7.93. The molecule has 4 nitrogen and oxygen atoms in total. The maximum Gasteiger partial charge on any atom is 0.262 e. The monoisotopic (exact) mass is 350 g/mol. The van der Waals surface area contributed by atoms with Gasteiger partial charge in [-0.15, -0.1) is 11.8 Å². The van der Waals surface area contributed by atoms with Crippen molar-refractivity contribution in [1.29, 1.82) is 5.26 Å². The molecule has 2 aromatic rings. The third kappa shape index (κ3) is 5.16. The Labute approximate surface area is 142 Å². The smallest absolute Gasteiger partial charge is 0.262 e. The number of amides is 1. The van der Waals surface area contributed by atoms with Gasteiger partial charge in [0.05, 0.1) is 22.5 Å². The van der Waals surface area contributed by atoms with E-state index in [0.29, 0.717) is 11.4 Å². The van der Waals surface area contributed by atoms with Crippen LogP contribution in [-0.2, 0) is 4.79 Å². The van der Waals surface area contributed by atoms with Gasteiger partial charge in [-0.1, -0.05) is 23.7 Å². The summed E-state index contributed by atoms with van der Waals surface area (Å²) in [4.78, 5) is 12.7. The number of ether oxygens (including phenoxy) is 1. The molecule has 0 aromatic heterocycles. The number of hydrogen-bond donors (Lipinski definition) is 1. The average molecular weight is 351 g/mol. The Morgan fingerprint density at radius 1 is 1.35 bits per heavy atom. The maximum atomic E-state index is 13.0. The Balaban J connectivity index is 1.94. The predicted molar refractivity (Wildman–Crippen MR) is 88.3 cm³/mol. The summed E-state index contributed by atoms with van der Waals surface area (Å²) in [6.07, 6.45) is 0. The highest BCUT2D eigenvalue weighted by atomic mass is 35.5. The third-order valence-corrected chi connectivity index (χ3v) is 3.94. The number of rotatable bonds is 6. The van der Waals surface area contributed by atoms with E-state index in [1.165, 1.54) is 30.0 Å². The number of para-hydroxylation sites is 1. The van der Waals surface area contributed by atoms with Crippen molar-refractivity contribution in [2.45, 2.75) is 4.90 Å². The zero-order valence-corrected chi connectivity index (χ0v) is 13.5. The molecule has 0 heterocycles. The number of nitriles is 1. The van der Waals surface area contributed by atoms with Crippen molar-refractivity contribution >= 4 is 35.0 Å². The van der Waals surface area contributed by atoms with Crippen LogP contribution in [0.2, 0.25) is 5.02 Å². The molecule has 1 amide bonds. The molecule has 0 aliphatic carbocycles. The number of halogens is 2. The molecule has 2 aromatic carbocycles. The van der Waals surface area contributed by atoms with Crippen LogP contribution >= 0.6 is 23.4 Å². The van der Waals surface area contributed by atoms with E-state index in [-0.39, 0.29) is 23.3 Å². The first kappa shape index (κ1) is 17.1. The second kappa shape index (κ2) is 8.42. The Hall–Kier alpha value is -2.23. The van der Waals surface area contributed by atoms with Crippen molar-refractivity contribution in [2.75, 3.05) is 17.7 Å². The summed E-state index contributed by atoms with van der Waals surface area (Å²) in [6, 6.07) is 13.1. The number of anilines is 1. The molecule has 0 saturated heterocycles. The highest BCUT2D eigenvalue weighted by Gasteiger charge is 2.09. The van der Waals surface area contributed by atoms with Gasteiger partial charge in [0, 0.05) is 11.0 Å². The van der Waals surface area contributed by atoms with Gasteiger partial charge in [0.1, 0.15) is 11.6 Å². The van der Waals surface area contributed by atoms with E-state index in [1.807, 2.05) is 18.2 Å². The summed E-state index contributed by atoms with van der Waals surface area (Å²) in [6.45, 7) is -0.237. The van der Waals surface area contributed by atoms with Gasteiger partial charge in [0.15, 0.2) is 6.61 Å². The lowest BCUT2D eigenvalue weighted by atomic mass is 10.3. The van der Waals surface area contributed by atoms with E-state index in [1.54, 1.807) is 12.1 Å². The van der Waals surface area contributed by atoms with Crippen molar-refractivity contribution in [2.24, 2.45) is 0 Å². The van der Waals surface area contributed by atoms with E-state index in [4.69, 9.17) is 21.6 Å². The SMILES string of the molecule is N#CCSc1ccccc1NC(=O)COc1ccc(F)c(Cl)c1. The summed E-state index contributed by atoms with van der Waals surface area (Å²) in [5.74, 6) is -0.321. The van der Waals surface area contributed by atoms with Crippen LogP contribution in [0.25, 0.3) is 0 Å². The second-order valence-corrected chi connectivity index (χ2v) is 5.78. The lowest BCUT2D eigenvalue weighted by molar-refractivity contribution is -0.118. The van der Waals surface area contributed by atoms with Crippen LogP contribution in [0.15, 0.2) is 47.4 Å². The number of nitrogens with zero attached hydrogens (tertiary/aromatic N) is 1. The predicted octanol–water partition coefficient (Wildman–Crippen LogP) is 4.11. The molecule has 1 N–H and O–H groups in total. The highest BCUT2D eigenvalue weighted by Crippen LogP contribution is 2.26. The van der Waals surface area contributed by atoms with Gasteiger partial charge in [-0.3, -0.25) is 4.79 Å². The van der Waals surface area contributed by atoms with Crippen LogP contribution in [0, 0.1) is 17.1 Å². The average Bonchev–Trinajstić information content (AvgIpc) is 2.55. The number of hydrogen-bond acceptors (Lipinski definition) is 4. The molecule has 0 unspecified atom stereocenters. The number of nitrogens with one attached hydrogen (secondary N) is 1. The van der Waals surface area contributed by atoms with E-state index in [9.17, 15) is 9.18 Å². The maximum absolute atomic E-state index is 13.0. The zero-order chi connectivity index (χ0) is 16.7. The lowest BCUT2D eigenvalue weighted by Crippen LogP contribution is -2.20. The van der Waals surface area contributed by atoms with Crippen LogP contribution in [0.5, 0.6) is 5.75 Å². The van der Waals surface area contributed by atoms with Gasteiger partial charge in [0.25, 0.3) is 5.91 Å². The van der Waals surface area contributed by atoms with Crippen molar-refractivity contribution < 1.29 is 13.9 Å². The molecule has 0 bridgehead atoms. The third-order valence-electron chi connectivity index (χ3n) is 2.71. The molecular weight excluding hydrogens is 339 g/mol. The minimum Gasteiger partial charge on any atom is -0.484 e. The number of benzene rings is 2. The van der Waals surface area contributed by atoms with Gasteiger partial charge in [-0.25, -0.2) is 4.39 Å². The second-order valence-electron chi connectivity index (χ2n) is 4.36. The van der Waals surface area contributed by atoms with Crippen molar-refractivity contribution in [3.8, 4) is 11.8 Å². The molecule has 118 valence electrons. The molecular formula is C16H12ClFN2O2S.